The minimum atomic E-state index is -0.0717. The van der Waals surface area contributed by atoms with Gasteiger partial charge in [-0.3, -0.25) is 0 Å². The van der Waals surface area contributed by atoms with Gasteiger partial charge in [0, 0.05) is 5.56 Å². The van der Waals surface area contributed by atoms with Crippen LogP contribution in [0.3, 0.4) is 0 Å². The van der Waals surface area contributed by atoms with Crippen molar-refractivity contribution in [1.82, 2.24) is 25.1 Å². The van der Waals surface area contributed by atoms with Crippen molar-refractivity contribution in [3.05, 3.63) is 41.5 Å². The van der Waals surface area contributed by atoms with Gasteiger partial charge in [-0.05, 0) is 32.9 Å². The molecule has 0 spiro atoms. The highest BCUT2D eigenvalue weighted by Gasteiger charge is 2.19. The number of hydrogen-bond acceptors (Lipinski definition) is 7. The molecule has 114 valence electrons. The fourth-order valence-electron chi connectivity index (χ4n) is 1.85. The fraction of sp³-hybridized carbons (Fsp3) is 0.286. The second kappa shape index (κ2) is 5.80. The first-order valence-corrected chi connectivity index (χ1v) is 7.66. The normalized spacial score (nSPS) is 12.5. The molecule has 2 heterocycles. The van der Waals surface area contributed by atoms with E-state index in [2.05, 4.69) is 20.4 Å². The first-order chi connectivity index (χ1) is 10.5. The van der Waals surface area contributed by atoms with E-state index in [9.17, 15) is 0 Å². The van der Waals surface area contributed by atoms with Crippen molar-refractivity contribution in [3.63, 3.8) is 0 Å². The van der Waals surface area contributed by atoms with Gasteiger partial charge in [-0.2, -0.15) is 0 Å². The van der Waals surface area contributed by atoms with Crippen LogP contribution in [0, 0.1) is 13.8 Å². The molecule has 0 unspecified atom stereocenters. The molecule has 22 heavy (non-hydrogen) atoms. The van der Waals surface area contributed by atoms with Crippen molar-refractivity contribution in [2.75, 3.05) is 5.84 Å². The third kappa shape index (κ3) is 2.82. The molecule has 7 nitrogen and oxygen atoms in total. The molecule has 1 aromatic carbocycles. The number of aryl methyl sites for hydroxylation is 2. The summed E-state index contributed by atoms with van der Waals surface area (Å²) in [5.41, 5.74) is 2.09. The lowest BCUT2D eigenvalue weighted by Gasteiger charge is -2.05. The molecule has 2 N–H and O–H groups in total. The zero-order valence-electron chi connectivity index (χ0n) is 12.5. The summed E-state index contributed by atoms with van der Waals surface area (Å²) >= 11 is 1.42. The molecule has 3 rings (SSSR count). The molecule has 0 aliphatic rings. The molecule has 0 aliphatic heterocycles. The van der Waals surface area contributed by atoms with Crippen LogP contribution in [0.1, 0.15) is 29.5 Å². The van der Waals surface area contributed by atoms with Gasteiger partial charge in [-0.1, -0.05) is 29.5 Å². The zero-order chi connectivity index (χ0) is 15.7. The average molecular weight is 316 g/mol. The van der Waals surface area contributed by atoms with E-state index in [0.717, 1.165) is 5.56 Å². The summed E-state index contributed by atoms with van der Waals surface area (Å²) < 4.78 is 7.19. The molecule has 0 radical (unpaired) electrons. The van der Waals surface area contributed by atoms with E-state index in [1.165, 1.54) is 22.0 Å². The highest BCUT2D eigenvalue weighted by molar-refractivity contribution is 7.99. The van der Waals surface area contributed by atoms with Crippen molar-refractivity contribution in [2.45, 2.75) is 31.2 Å². The molecule has 8 heteroatoms. The van der Waals surface area contributed by atoms with Crippen LogP contribution < -0.4 is 5.84 Å². The molecule has 2 aromatic heterocycles. The maximum absolute atomic E-state index is 5.84. The smallest absolute Gasteiger partial charge is 0.247 e. The number of hydrogen-bond donors (Lipinski definition) is 1. The lowest BCUT2D eigenvalue weighted by molar-refractivity contribution is 0.508. The summed E-state index contributed by atoms with van der Waals surface area (Å²) in [4.78, 5) is 0. The summed E-state index contributed by atoms with van der Waals surface area (Å²) in [6.45, 7) is 5.79. The van der Waals surface area contributed by atoms with E-state index >= 15 is 0 Å². The van der Waals surface area contributed by atoms with Gasteiger partial charge in [-0.15, -0.1) is 20.4 Å². The van der Waals surface area contributed by atoms with Gasteiger partial charge in [0.2, 0.25) is 16.9 Å². The third-order valence-electron chi connectivity index (χ3n) is 3.20. The van der Waals surface area contributed by atoms with Crippen LogP contribution in [0.2, 0.25) is 0 Å². The molecule has 0 fully saturated rings. The van der Waals surface area contributed by atoms with E-state index in [4.69, 9.17) is 10.3 Å². The van der Waals surface area contributed by atoms with Gasteiger partial charge in [0.1, 0.15) is 5.82 Å². The molecular formula is C14H16N6OS. The lowest BCUT2D eigenvalue weighted by atomic mass is 10.1. The number of nitrogen functional groups attached to an aromatic ring is 1. The van der Waals surface area contributed by atoms with Crippen LogP contribution in [-0.2, 0) is 0 Å². The van der Waals surface area contributed by atoms with E-state index in [1.54, 1.807) is 6.92 Å². The first-order valence-electron chi connectivity index (χ1n) is 6.79. The summed E-state index contributed by atoms with van der Waals surface area (Å²) in [5.74, 6) is 7.53. The minimum Gasteiger partial charge on any atom is -0.419 e. The van der Waals surface area contributed by atoms with Crippen molar-refractivity contribution in [2.24, 2.45) is 0 Å². The number of aromatic nitrogens is 5. The quantitative estimate of drug-likeness (QED) is 0.583. The Morgan fingerprint density at radius 2 is 1.82 bits per heavy atom. The standard InChI is InChI=1S/C14H16N6OS/c1-8-4-6-11(7-5-8)13-18-17-12(21-13)9(2)22-14-19-16-10(3)20(14)15/h4-7,9H,15H2,1-3H3/t9-/m1/s1. The maximum Gasteiger partial charge on any atom is 0.247 e. The van der Waals surface area contributed by atoms with E-state index in [1.807, 2.05) is 38.1 Å². The Hall–Kier alpha value is -2.35. The van der Waals surface area contributed by atoms with Gasteiger partial charge < -0.3 is 10.3 Å². The van der Waals surface area contributed by atoms with Gasteiger partial charge >= 0.3 is 0 Å². The second-order valence-corrected chi connectivity index (χ2v) is 6.28. The maximum atomic E-state index is 5.84. The molecule has 1 atom stereocenters. The Balaban J connectivity index is 1.78. The summed E-state index contributed by atoms with van der Waals surface area (Å²) in [6.07, 6.45) is 0. The number of nitrogens with two attached hydrogens (primary N) is 1. The van der Waals surface area contributed by atoms with Crippen molar-refractivity contribution in [1.29, 1.82) is 0 Å². The second-order valence-electron chi connectivity index (χ2n) is 4.97. The SMILES string of the molecule is Cc1ccc(-c2nnc([C@@H](C)Sc3nnc(C)n3N)o2)cc1. The van der Waals surface area contributed by atoms with Crippen molar-refractivity contribution in [3.8, 4) is 11.5 Å². The monoisotopic (exact) mass is 316 g/mol. The van der Waals surface area contributed by atoms with E-state index in [-0.39, 0.29) is 5.25 Å². The van der Waals surface area contributed by atoms with Crippen LogP contribution in [0.15, 0.2) is 33.8 Å². The third-order valence-corrected chi connectivity index (χ3v) is 4.25. The van der Waals surface area contributed by atoms with Crippen LogP contribution >= 0.6 is 11.8 Å². The fourth-order valence-corrected chi connectivity index (χ4v) is 2.70. The molecule has 0 saturated carbocycles. The number of benzene rings is 1. The Morgan fingerprint density at radius 3 is 2.45 bits per heavy atom. The first kappa shape index (κ1) is 14.6. The molecular weight excluding hydrogens is 300 g/mol. The molecule has 0 bridgehead atoms. The summed E-state index contributed by atoms with van der Waals surface area (Å²) in [7, 11) is 0. The predicted molar refractivity (Wildman–Crippen MR) is 83.7 cm³/mol. The molecule has 3 aromatic rings. The Kier molecular flexibility index (Phi) is 3.84. The van der Waals surface area contributed by atoms with Gasteiger partial charge in [0.05, 0.1) is 5.25 Å². The van der Waals surface area contributed by atoms with Crippen LogP contribution in [0.5, 0.6) is 0 Å². The number of nitrogens with zero attached hydrogens (tertiary/aromatic N) is 5. The Morgan fingerprint density at radius 1 is 1.09 bits per heavy atom. The lowest BCUT2D eigenvalue weighted by Crippen LogP contribution is -2.11. The van der Waals surface area contributed by atoms with Gasteiger partial charge in [0.15, 0.2) is 0 Å². The van der Waals surface area contributed by atoms with Gasteiger partial charge in [-0.25, -0.2) is 4.68 Å². The zero-order valence-corrected chi connectivity index (χ0v) is 13.3. The van der Waals surface area contributed by atoms with E-state index < -0.39 is 0 Å². The Labute approximate surface area is 131 Å². The highest BCUT2D eigenvalue weighted by Crippen LogP contribution is 2.33. The van der Waals surface area contributed by atoms with Crippen LogP contribution in [0.25, 0.3) is 11.5 Å². The average Bonchev–Trinajstić information content (AvgIpc) is 3.11. The molecule has 0 amide bonds. The topological polar surface area (TPSA) is 95.7 Å². The largest absolute Gasteiger partial charge is 0.419 e. The van der Waals surface area contributed by atoms with Crippen molar-refractivity contribution >= 4 is 11.8 Å². The van der Waals surface area contributed by atoms with E-state index in [0.29, 0.717) is 22.8 Å². The van der Waals surface area contributed by atoms with Crippen LogP contribution in [0.4, 0.5) is 0 Å². The summed E-state index contributed by atoms with van der Waals surface area (Å²) in [6, 6.07) is 7.95. The predicted octanol–water partition coefficient (Wildman–Crippen LogP) is 2.51. The van der Waals surface area contributed by atoms with Gasteiger partial charge in [0.25, 0.3) is 0 Å². The Bertz CT molecular complexity index is 779. The number of rotatable bonds is 4. The minimum absolute atomic E-state index is 0.0717. The summed E-state index contributed by atoms with van der Waals surface area (Å²) in [5, 5.41) is 16.7. The molecule has 0 aliphatic carbocycles. The van der Waals surface area contributed by atoms with Crippen LogP contribution in [-0.4, -0.2) is 25.1 Å². The molecule has 0 saturated heterocycles. The highest BCUT2D eigenvalue weighted by atomic mass is 32.2. The number of thioether (sulfide) groups is 1. The van der Waals surface area contributed by atoms with Crippen molar-refractivity contribution < 1.29 is 4.42 Å².